The Kier molecular flexibility index (Phi) is 6.02. The van der Waals surface area contributed by atoms with Crippen LogP contribution in [-0.4, -0.2) is 67.9 Å². The number of aryl methyl sites for hydroxylation is 1. The van der Waals surface area contributed by atoms with E-state index in [1.54, 1.807) is 6.07 Å². The van der Waals surface area contributed by atoms with E-state index in [-0.39, 0.29) is 16.7 Å². The lowest BCUT2D eigenvalue weighted by Gasteiger charge is -2.65. The highest BCUT2D eigenvalue weighted by Gasteiger charge is 2.57. The maximum absolute atomic E-state index is 10.7. The topological polar surface area (TPSA) is 20.2 Å². The van der Waals surface area contributed by atoms with E-state index in [0.29, 0.717) is 0 Å². The van der Waals surface area contributed by atoms with E-state index in [1.807, 2.05) is 27.7 Å². The van der Waals surface area contributed by atoms with E-state index < -0.39 is 20.9 Å². The quantitative estimate of drug-likeness (QED) is 0.634. The van der Waals surface area contributed by atoms with Gasteiger partial charge in [-0.25, -0.2) is 0 Å². The highest BCUT2D eigenvalue weighted by Crippen LogP contribution is 2.65. The molecule has 0 unspecified atom stereocenters. The average Bonchev–Trinajstić information content (AvgIpc) is 2.36. The van der Waals surface area contributed by atoms with Crippen molar-refractivity contribution >= 4 is 62.8 Å². The molecule has 1 rings (SSSR count). The van der Waals surface area contributed by atoms with Crippen molar-refractivity contribution in [2.45, 2.75) is 54.0 Å². The van der Waals surface area contributed by atoms with Crippen LogP contribution >= 0.6 is 0 Å². The van der Waals surface area contributed by atoms with E-state index in [4.69, 9.17) is 62.8 Å². The molecule has 1 N–H and O–H groups in total. The minimum absolute atomic E-state index is 0.0397. The molecule has 0 aromatic heterocycles. The Morgan fingerprint density at radius 2 is 1.27 bits per heavy atom. The Morgan fingerprint density at radius 3 is 1.58 bits per heavy atom. The minimum atomic E-state index is -2.22. The van der Waals surface area contributed by atoms with Crippen LogP contribution in [0.2, 0.25) is 15.4 Å². The van der Waals surface area contributed by atoms with Gasteiger partial charge in [0.05, 0.1) is 62.8 Å². The van der Waals surface area contributed by atoms with E-state index in [9.17, 15) is 5.11 Å². The molecule has 9 heteroatoms. The van der Waals surface area contributed by atoms with Crippen molar-refractivity contribution in [2.24, 2.45) is 0 Å². The first-order valence-electron chi connectivity index (χ1n) is 8.13. The maximum Gasteiger partial charge on any atom is 0.119 e. The van der Waals surface area contributed by atoms with Crippen LogP contribution in [0.15, 0.2) is 24.8 Å². The molecule has 0 fully saturated rings. The first-order chi connectivity index (χ1) is 11.3. The molecule has 16 radical (unpaired) electrons. The van der Waals surface area contributed by atoms with Gasteiger partial charge in [0, 0.05) is 0 Å². The zero-order chi connectivity index (χ0) is 20.9. The second kappa shape index (κ2) is 6.71. The molecule has 0 heterocycles. The van der Waals surface area contributed by atoms with Gasteiger partial charge in [0.15, 0.2) is 0 Å². The lowest BCUT2D eigenvalue weighted by molar-refractivity contribution is 0.372. The molecule has 0 aliphatic carbocycles. The molecule has 26 heavy (non-hydrogen) atoms. The highest BCUT2D eigenvalue weighted by molar-refractivity contribution is 6.67. The predicted molar refractivity (Wildman–Crippen MR) is 118 cm³/mol. The van der Waals surface area contributed by atoms with Gasteiger partial charge in [-0.1, -0.05) is 32.1 Å². The summed E-state index contributed by atoms with van der Waals surface area (Å²) in [5.74, 6) is -0.242. The SMILES string of the molecule is [B]C([B])([B])C(c1cc(C(C)(C)C)c(C)cc1O)(C([B])([B])[B])C([B])([B])C=C. The lowest BCUT2D eigenvalue weighted by atomic mass is 9.11. The van der Waals surface area contributed by atoms with Crippen molar-refractivity contribution in [1.82, 2.24) is 0 Å². The maximum atomic E-state index is 10.7. The van der Waals surface area contributed by atoms with Crippen LogP contribution in [0.5, 0.6) is 5.75 Å². The van der Waals surface area contributed by atoms with Crippen LogP contribution in [-0.2, 0) is 10.8 Å². The normalized spacial score (nSPS) is 14.2. The average molecular weight is 325 g/mol. The van der Waals surface area contributed by atoms with Gasteiger partial charge in [-0.3, -0.25) is 0 Å². The molecule has 0 saturated heterocycles. The van der Waals surface area contributed by atoms with Gasteiger partial charge >= 0.3 is 0 Å². The molecule has 1 nitrogen and oxygen atoms in total. The number of aromatic hydroxyl groups is 1. The van der Waals surface area contributed by atoms with Gasteiger partial charge in [0.2, 0.25) is 0 Å². The summed E-state index contributed by atoms with van der Waals surface area (Å²) < 4.78 is 0. The summed E-state index contributed by atoms with van der Waals surface area (Å²) in [4.78, 5) is 0. The molecule has 1 aromatic rings. The van der Waals surface area contributed by atoms with Gasteiger partial charge in [-0.15, -0.1) is 22.9 Å². The molecule has 0 spiro atoms. The summed E-state index contributed by atoms with van der Waals surface area (Å²) in [5, 5.41) is 4.32. The first-order valence-corrected chi connectivity index (χ1v) is 8.13. The molecule has 0 saturated carbocycles. The van der Waals surface area contributed by atoms with Crippen molar-refractivity contribution < 1.29 is 5.11 Å². The fourth-order valence-electron chi connectivity index (χ4n) is 3.78. The summed E-state index contributed by atoms with van der Waals surface area (Å²) in [6.07, 6.45) is 1.14. The van der Waals surface area contributed by atoms with E-state index >= 15 is 0 Å². The van der Waals surface area contributed by atoms with Crippen molar-refractivity contribution in [3.05, 3.63) is 41.5 Å². The van der Waals surface area contributed by atoms with E-state index in [0.717, 1.165) is 17.2 Å². The third-order valence-electron chi connectivity index (χ3n) is 4.84. The standard InChI is InChI=1S/C17H18B8O/c1-6-14(18,19)15(16(20,21)22,17(23,24)25)11-8-10(13(3,4)5)9(2)7-12(11)26/h6-8,26H,1H2,2-5H3. The third kappa shape index (κ3) is 3.52. The summed E-state index contributed by atoms with van der Waals surface area (Å²) in [6, 6.07) is 3.15. The smallest absolute Gasteiger partial charge is 0.119 e. The van der Waals surface area contributed by atoms with Crippen LogP contribution in [0.4, 0.5) is 0 Å². The summed E-state index contributed by atoms with van der Waals surface area (Å²) in [5.41, 5.74) is -0.689. The first kappa shape index (κ1) is 23.3. The van der Waals surface area contributed by atoms with Gasteiger partial charge < -0.3 is 5.11 Å². The largest absolute Gasteiger partial charge is 0.508 e. The third-order valence-corrected chi connectivity index (χ3v) is 4.84. The van der Waals surface area contributed by atoms with Crippen molar-refractivity contribution in [3.8, 4) is 5.75 Å². The second-order valence-corrected chi connectivity index (χ2v) is 8.19. The zero-order valence-corrected chi connectivity index (χ0v) is 16.0. The number of hydrogen-bond donors (Lipinski definition) is 1. The van der Waals surface area contributed by atoms with Crippen LogP contribution in [0.25, 0.3) is 0 Å². The monoisotopic (exact) mass is 326 g/mol. The van der Waals surface area contributed by atoms with Crippen LogP contribution < -0.4 is 0 Å². The number of phenolic OH excluding ortho intramolecular Hbond substituents is 1. The van der Waals surface area contributed by atoms with Gasteiger partial charge in [0.25, 0.3) is 0 Å². The molecule has 0 aliphatic rings. The summed E-state index contributed by atoms with van der Waals surface area (Å²) in [6.45, 7) is 11.4. The molecule has 0 atom stereocenters. The highest BCUT2D eigenvalue weighted by atomic mass is 16.3. The van der Waals surface area contributed by atoms with Crippen molar-refractivity contribution in [3.63, 3.8) is 0 Å². The van der Waals surface area contributed by atoms with Gasteiger partial charge in [0.1, 0.15) is 5.75 Å². The van der Waals surface area contributed by atoms with Crippen LogP contribution in [0.3, 0.4) is 0 Å². The Hall–Kier alpha value is -0.721. The fourth-order valence-corrected chi connectivity index (χ4v) is 3.78. The lowest BCUT2D eigenvalue weighted by Crippen LogP contribution is -2.59. The van der Waals surface area contributed by atoms with Gasteiger partial charge in [-0.05, 0) is 40.5 Å². The van der Waals surface area contributed by atoms with Crippen molar-refractivity contribution in [2.75, 3.05) is 0 Å². The molecule has 0 bridgehead atoms. The molecular formula is C17H18B8O. The van der Waals surface area contributed by atoms with E-state index in [1.165, 1.54) is 6.07 Å². The Morgan fingerprint density at radius 1 is 0.846 bits per heavy atom. The molecule has 116 valence electrons. The summed E-state index contributed by atoms with van der Waals surface area (Å²) in [7, 11) is 48.8. The second-order valence-electron chi connectivity index (χ2n) is 8.19. The van der Waals surface area contributed by atoms with Crippen molar-refractivity contribution in [1.29, 1.82) is 0 Å². The molecule has 0 amide bonds. The van der Waals surface area contributed by atoms with Crippen LogP contribution in [0, 0.1) is 6.92 Å². The summed E-state index contributed by atoms with van der Waals surface area (Å²) >= 11 is 0. The minimum Gasteiger partial charge on any atom is -0.508 e. The predicted octanol–water partition coefficient (Wildman–Crippen LogP) is 1.03. The molecular weight excluding hydrogens is 307 g/mol. The number of benzene rings is 1. The van der Waals surface area contributed by atoms with Crippen LogP contribution in [0.1, 0.15) is 37.5 Å². The van der Waals surface area contributed by atoms with Gasteiger partial charge in [-0.2, -0.15) is 0 Å². The Labute approximate surface area is 169 Å². The Balaban J connectivity index is 4.19. The Bertz CT molecular complexity index is 678. The number of rotatable bonds is 5. The fraction of sp³-hybridized carbons (Fsp3) is 0.529. The zero-order valence-electron chi connectivity index (χ0n) is 16.0. The number of allylic oxidation sites excluding steroid dienone is 1. The number of phenols is 1. The van der Waals surface area contributed by atoms with E-state index in [2.05, 4.69) is 6.58 Å². The number of hydrogen-bond acceptors (Lipinski definition) is 1. The molecule has 0 aliphatic heterocycles. The molecule has 1 aromatic carbocycles.